The van der Waals surface area contributed by atoms with Crippen LogP contribution in [0.2, 0.25) is 5.02 Å². The van der Waals surface area contributed by atoms with Gasteiger partial charge in [0.15, 0.2) is 0 Å². The number of hydrogen-bond acceptors (Lipinski definition) is 4. The molecular weight excluding hydrogens is 370 g/mol. The highest BCUT2D eigenvalue weighted by atomic mass is 35.5. The van der Waals surface area contributed by atoms with Gasteiger partial charge in [0.05, 0.1) is 17.7 Å². The van der Waals surface area contributed by atoms with Crippen molar-refractivity contribution in [3.05, 3.63) is 63.5 Å². The van der Waals surface area contributed by atoms with E-state index in [2.05, 4.69) is 0 Å². The maximum Gasteiger partial charge on any atom is 0.338 e. The van der Waals surface area contributed by atoms with Gasteiger partial charge in [0.25, 0.3) is 5.91 Å². The van der Waals surface area contributed by atoms with Crippen molar-refractivity contribution in [2.75, 3.05) is 18.6 Å². The molecule has 0 spiro atoms. The van der Waals surface area contributed by atoms with Crippen LogP contribution >= 0.6 is 22.9 Å². The van der Waals surface area contributed by atoms with Crippen molar-refractivity contribution in [3.63, 3.8) is 0 Å². The molecule has 0 saturated heterocycles. The summed E-state index contributed by atoms with van der Waals surface area (Å²) in [6, 6.07) is 13.1. The topological polar surface area (TPSA) is 46.6 Å². The number of hydrogen-bond donors (Lipinski definition) is 0. The molecule has 26 heavy (non-hydrogen) atoms. The zero-order chi connectivity index (χ0) is 18.3. The average Bonchev–Trinajstić information content (AvgIpc) is 3.03. The molecule has 2 aromatic carbocycles. The summed E-state index contributed by atoms with van der Waals surface area (Å²) in [6.07, 6.45) is 1.53. The van der Waals surface area contributed by atoms with Gasteiger partial charge in [-0.05, 0) is 36.6 Å². The number of methoxy groups -OCH3 is 1. The molecule has 1 aliphatic rings. The minimum atomic E-state index is -0.379. The molecular formula is C20H16ClNO3S. The standard InChI is InChI=1S/C20H16ClNO3S/c1-25-20(24)13-7-4-9-15-12(13)8-5-11-22(15)19(23)18-17(21)14-6-2-3-10-16(14)26-18/h2-4,6-7,9-10H,5,8,11H2,1H3. The van der Waals surface area contributed by atoms with Crippen LogP contribution < -0.4 is 4.90 Å². The van der Waals surface area contributed by atoms with E-state index in [1.54, 1.807) is 17.0 Å². The Morgan fingerprint density at radius 1 is 1.15 bits per heavy atom. The molecule has 0 radical (unpaired) electrons. The van der Waals surface area contributed by atoms with Crippen molar-refractivity contribution >= 4 is 50.6 Å². The number of ether oxygens (including phenoxy) is 1. The second-order valence-corrected chi connectivity index (χ2v) is 7.53. The predicted molar refractivity (Wildman–Crippen MR) is 105 cm³/mol. The van der Waals surface area contributed by atoms with E-state index in [4.69, 9.17) is 16.3 Å². The summed E-state index contributed by atoms with van der Waals surface area (Å²) in [5, 5.41) is 1.38. The quantitative estimate of drug-likeness (QED) is 0.587. The highest BCUT2D eigenvalue weighted by Gasteiger charge is 2.29. The summed E-state index contributed by atoms with van der Waals surface area (Å²) in [4.78, 5) is 27.6. The first-order chi connectivity index (χ1) is 12.6. The Bertz CT molecular complexity index is 1030. The van der Waals surface area contributed by atoms with Crippen LogP contribution in [0.1, 0.15) is 32.0 Å². The molecule has 2 heterocycles. The fourth-order valence-electron chi connectivity index (χ4n) is 3.41. The van der Waals surface area contributed by atoms with Gasteiger partial charge in [-0.1, -0.05) is 35.9 Å². The molecule has 0 saturated carbocycles. The molecule has 3 aromatic rings. The lowest BCUT2D eigenvalue weighted by Crippen LogP contribution is -2.35. The lowest BCUT2D eigenvalue weighted by molar-refractivity contribution is 0.0599. The van der Waals surface area contributed by atoms with E-state index in [0.717, 1.165) is 34.2 Å². The maximum absolute atomic E-state index is 13.2. The number of thiophene rings is 1. The number of rotatable bonds is 2. The molecule has 0 unspecified atom stereocenters. The molecule has 0 atom stereocenters. The molecule has 4 rings (SSSR count). The van der Waals surface area contributed by atoms with Gasteiger partial charge in [-0.3, -0.25) is 4.79 Å². The zero-order valence-electron chi connectivity index (χ0n) is 14.1. The molecule has 4 nitrogen and oxygen atoms in total. The Kier molecular flexibility index (Phi) is 4.42. The van der Waals surface area contributed by atoms with E-state index in [0.29, 0.717) is 22.0 Å². The van der Waals surface area contributed by atoms with Gasteiger partial charge in [0.2, 0.25) is 0 Å². The summed E-state index contributed by atoms with van der Waals surface area (Å²) < 4.78 is 5.87. The van der Waals surface area contributed by atoms with Crippen molar-refractivity contribution in [1.82, 2.24) is 0 Å². The summed E-state index contributed by atoms with van der Waals surface area (Å²) in [6.45, 7) is 0.598. The first-order valence-corrected chi connectivity index (χ1v) is 9.50. The fraction of sp³-hybridized carbons (Fsp3) is 0.200. The van der Waals surface area contributed by atoms with Gasteiger partial charge in [0.1, 0.15) is 4.88 Å². The highest BCUT2D eigenvalue weighted by molar-refractivity contribution is 7.21. The predicted octanol–water partition coefficient (Wildman–Crippen LogP) is 4.93. The first kappa shape index (κ1) is 17.1. The van der Waals surface area contributed by atoms with Crippen LogP contribution in [0.15, 0.2) is 42.5 Å². The van der Waals surface area contributed by atoms with Crippen molar-refractivity contribution in [1.29, 1.82) is 0 Å². The number of carbonyl (C=O) groups excluding carboxylic acids is 2. The molecule has 1 amide bonds. The van der Waals surface area contributed by atoms with Gasteiger partial charge >= 0.3 is 5.97 Å². The summed E-state index contributed by atoms with van der Waals surface area (Å²) in [5.74, 6) is -0.504. The van der Waals surface area contributed by atoms with E-state index < -0.39 is 0 Å². The van der Waals surface area contributed by atoms with Crippen molar-refractivity contribution in [3.8, 4) is 0 Å². The number of benzene rings is 2. The Hall–Kier alpha value is -2.37. The monoisotopic (exact) mass is 385 g/mol. The zero-order valence-corrected chi connectivity index (χ0v) is 15.7. The normalized spacial score (nSPS) is 13.5. The number of halogens is 1. The summed E-state index contributed by atoms with van der Waals surface area (Å²) in [7, 11) is 1.37. The smallest absolute Gasteiger partial charge is 0.338 e. The van der Waals surface area contributed by atoms with Crippen LogP contribution in [-0.2, 0) is 11.2 Å². The first-order valence-electron chi connectivity index (χ1n) is 8.31. The van der Waals surface area contributed by atoms with E-state index in [1.807, 2.05) is 30.3 Å². The molecule has 0 aliphatic carbocycles. The largest absolute Gasteiger partial charge is 0.465 e. The Labute approximate surface area is 159 Å². The van der Waals surface area contributed by atoms with Gasteiger partial charge in [0, 0.05) is 22.3 Å². The summed E-state index contributed by atoms with van der Waals surface area (Å²) in [5.41, 5.74) is 2.14. The van der Waals surface area contributed by atoms with Gasteiger partial charge in [-0.15, -0.1) is 11.3 Å². The number of fused-ring (bicyclic) bond motifs is 2. The molecule has 1 aromatic heterocycles. The van der Waals surface area contributed by atoms with Crippen molar-refractivity contribution < 1.29 is 14.3 Å². The molecule has 6 heteroatoms. The third kappa shape index (κ3) is 2.68. The summed E-state index contributed by atoms with van der Waals surface area (Å²) >= 11 is 7.89. The Balaban J connectivity index is 1.79. The van der Waals surface area contributed by atoms with Crippen LogP contribution in [0.5, 0.6) is 0 Å². The van der Waals surface area contributed by atoms with E-state index in [1.165, 1.54) is 18.4 Å². The third-order valence-corrected chi connectivity index (χ3v) is 6.29. The number of amides is 1. The van der Waals surface area contributed by atoms with E-state index in [-0.39, 0.29) is 11.9 Å². The second kappa shape index (κ2) is 6.74. The van der Waals surface area contributed by atoms with E-state index in [9.17, 15) is 9.59 Å². The number of anilines is 1. The Morgan fingerprint density at radius 3 is 2.73 bits per heavy atom. The average molecular weight is 386 g/mol. The Morgan fingerprint density at radius 2 is 1.96 bits per heavy atom. The minimum Gasteiger partial charge on any atom is -0.465 e. The van der Waals surface area contributed by atoms with Crippen molar-refractivity contribution in [2.45, 2.75) is 12.8 Å². The number of carbonyl (C=O) groups is 2. The van der Waals surface area contributed by atoms with Crippen LogP contribution in [0.3, 0.4) is 0 Å². The lowest BCUT2D eigenvalue weighted by atomic mass is 9.96. The second-order valence-electron chi connectivity index (χ2n) is 6.10. The van der Waals surface area contributed by atoms with Crippen molar-refractivity contribution in [2.24, 2.45) is 0 Å². The lowest BCUT2D eigenvalue weighted by Gasteiger charge is -2.30. The van der Waals surface area contributed by atoms with E-state index >= 15 is 0 Å². The molecule has 1 aliphatic heterocycles. The fourth-order valence-corrected chi connectivity index (χ4v) is 4.87. The van der Waals surface area contributed by atoms with Gasteiger partial charge in [-0.25, -0.2) is 4.79 Å². The number of nitrogens with zero attached hydrogens (tertiary/aromatic N) is 1. The minimum absolute atomic E-state index is 0.126. The van der Waals surface area contributed by atoms with Crippen LogP contribution in [0.4, 0.5) is 5.69 Å². The van der Waals surface area contributed by atoms with Gasteiger partial charge in [-0.2, -0.15) is 0 Å². The molecule has 0 N–H and O–H groups in total. The van der Waals surface area contributed by atoms with Crippen LogP contribution in [-0.4, -0.2) is 25.5 Å². The molecule has 0 bridgehead atoms. The third-order valence-electron chi connectivity index (χ3n) is 4.63. The SMILES string of the molecule is COC(=O)c1cccc2c1CCCN2C(=O)c1sc2ccccc2c1Cl. The highest BCUT2D eigenvalue weighted by Crippen LogP contribution is 2.38. The van der Waals surface area contributed by atoms with Crippen LogP contribution in [0, 0.1) is 0 Å². The molecule has 132 valence electrons. The number of esters is 1. The maximum atomic E-state index is 13.2. The van der Waals surface area contributed by atoms with Gasteiger partial charge < -0.3 is 9.64 Å². The van der Waals surface area contributed by atoms with Crippen LogP contribution in [0.25, 0.3) is 10.1 Å². The molecule has 0 fully saturated rings.